The number of nitrogens with one attached hydrogen (secondary N) is 2. The van der Waals surface area contributed by atoms with Crippen molar-refractivity contribution in [1.29, 1.82) is 0 Å². The van der Waals surface area contributed by atoms with Crippen LogP contribution in [-0.2, 0) is 6.54 Å². The van der Waals surface area contributed by atoms with E-state index in [1.807, 2.05) is 27.7 Å². The number of anilines is 2. The lowest BCUT2D eigenvalue weighted by Crippen LogP contribution is -2.13. The molecule has 0 aliphatic heterocycles. The largest absolute Gasteiger partial charge is 0.461 e. The average Bonchev–Trinajstić information content (AvgIpc) is 2.82. The van der Waals surface area contributed by atoms with E-state index in [4.69, 9.17) is 9.15 Å². The van der Waals surface area contributed by atoms with Gasteiger partial charge in [0, 0.05) is 6.54 Å². The Morgan fingerprint density at radius 2 is 1.90 bits per heavy atom. The van der Waals surface area contributed by atoms with E-state index in [0.717, 1.165) is 5.76 Å². The van der Waals surface area contributed by atoms with Crippen LogP contribution in [0.4, 0.5) is 11.9 Å². The number of hydrogen-bond donors (Lipinski definition) is 2. The summed E-state index contributed by atoms with van der Waals surface area (Å²) in [6.07, 6.45) is 1.66. The summed E-state index contributed by atoms with van der Waals surface area (Å²) < 4.78 is 10.9. The van der Waals surface area contributed by atoms with E-state index in [1.165, 1.54) is 0 Å². The van der Waals surface area contributed by atoms with Crippen LogP contribution in [0.1, 0.15) is 32.4 Å². The van der Waals surface area contributed by atoms with Crippen LogP contribution in [-0.4, -0.2) is 32.6 Å². The third-order valence-electron chi connectivity index (χ3n) is 2.36. The summed E-state index contributed by atoms with van der Waals surface area (Å²) in [5.41, 5.74) is 0. The van der Waals surface area contributed by atoms with Gasteiger partial charge in [0.25, 0.3) is 0 Å². The second-order valence-corrected chi connectivity index (χ2v) is 4.68. The van der Waals surface area contributed by atoms with Crippen LogP contribution in [0.3, 0.4) is 0 Å². The molecule has 0 amide bonds. The zero-order valence-corrected chi connectivity index (χ0v) is 12.7. The fourth-order valence-electron chi connectivity index (χ4n) is 1.57. The Kier molecular flexibility index (Phi) is 4.91. The highest BCUT2D eigenvalue weighted by Crippen LogP contribution is 2.13. The van der Waals surface area contributed by atoms with Crippen LogP contribution in [0.2, 0.25) is 0 Å². The van der Waals surface area contributed by atoms with Crippen molar-refractivity contribution in [3.05, 3.63) is 17.8 Å². The van der Waals surface area contributed by atoms with Crippen LogP contribution < -0.4 is 15.4 Å². The predicted molar refractivity (Wildman–Crippen MR) is 78.3 cm³/mol. The van der Waals surface area contributed by atoms with E-state index < -0.39 is 0 Å². The summed E-state index contributed by atoms with van der Waals surface area (Å²) >= 11 is 0. The molecule has 8 nitrogen and oxygen atoms in total. The van der Waals surface area contributed by atoms with Gasteiger partial charge in [-0.15, -0.1) is 0 Å². The first-order valence-electron chi connectivity index (χ1n) is 6.88. The van der Waals surface area contributed by atoms with Gasteiger partial charge in [-0.05, 0) is 27.7 Å². The van der Waals surface area contributed by atoms with Crippen molar-refractivity contribution >= 4 is 11.9 Å². The summed E-state index contributed by atoms with van der Waals surface area (Å²) in [6.45, 7) is 8.75. The van der Waals surface area contributed by atoms with Crippen molar-refractivity contribution < 1.29 is 9.15 Å². The number of hydrogen-bond acceptors (Lipinski definition) is 8. The van der Waals surface area contributed by atoms with E-state index >= 15 is 0 Å². The van der Waals surface area contributed by atoms with E-state index in [0.29, 0.717) is 30.9 Å². The zero-order chi connectivity index (χ0) is 15.2. The summed E-state index contributed by atoms with van der Waals surface area (Å²) in [7, 11) is 0. The Morgan fingerprint density at radius 1 is 1.19 bits per heavy atom. The van der Waals surface area contributed by atoms with Gasteiger partial charge in [0.15, 0.2) is 0 Å². The highest BCUT2D eigenvalue weighted by atomic mass is 16.5. The molecular weight excluding hydrogens is 272 g/mol. The molecule has 2 rings (SSSR count). The standard InChI is InChI=1S/C13H20N6O2/c1-5-14-11-17-12(19-13(18-11)20-8(2)3)16-7-10-15-6-9(4)21-10/h6,8H,5,7H2,1-4H3,(H2,14,16,17,18,19). The van der Waals surface area contributed by atoms with Gasteiger partial charge in [0.05, 0.1) is 18.8 Å². The Bertz CT molecular complexity index is 584. The smallest absolute Gasteiger partial charge is 0.323 e. The molecule has 2 heterocycles. The van der Waals surface area contributed by atoms with Crippen molar-refractivity contribution in [2.45, 2.75) is 40.3 Å². The maximum Gasteiger partial charge on any atom is 0.323 e. The number of aryl methyl sites for hydroxylation is 1. The Balaban J connectivity index is 2.10. The highest BCUT2D eigenvalue weighted by molar-refractivity contribution is 5.35. The van der Waals surface area contributed by atoms with Gasteiger partial charge in [-0.25, -0.2) is 4.98 Å². The molecule has 21 heavy (non-hydrogen) atoms. The molecule has 0 spiro atoms. The Labute approximate surface area is 123 Å². The molecule has 0 saturated heterocycles. The molecule has 2 N–H and O–H groups in total. The Morgan fingerprint density at radius 3 is 2.48 bits per heavy atom. The van der Waals surface area contributed by atoms with Crippen LogP contribution >= 0.6 is 0 Å². The molecule has 0 saturated carbocycles. The quantitative estimate of drug-likeness (QED) is 0.799. The third-order valence-corrected chi connectivity index (χ3v) is 2.36. The third kappa shape index (κ3) is 4.59. The van der Waals surface area contributed by atoms with Crippen molar-refractivity contribution in [3.63, 3.8) is 0 Å². The molecule has 0 bridgehead atoms. The van der Waals surface area contributed by atoms with Crippen LogP contribution in [0.25, 0.3) is 0 Å². The molecule has 0 atom stereocenters. The maximum atomic E-state index is 5.52. The molecule has 0 aliphatic rings. The van der Waals surface area contributed by atoms with Crippen molar-refractivity contribution in [2.75, 3.05) is 17.2 Å². The van der Waals surface area contributed by atoms with Crippen LogP contribution in [0.15, 0.2) is 10.6 Å². The van der Waals surface area contributed by atoms with Crippen molar-refractivity contribution in [3.8, 4) is 6.01 Å². The van der Waals surface area contributed by atoms with Gasteiger partial charge in [-0.1, -0.05) is 0 Å². The number of oxazole rings is 1. The van der Waals surface area contributed by atoms with Gasteiger partial charge < -0.3 is 19.8 Å². The highest BCUT2D eigenvalue weighted by Gasteiger charge is 2.09. The SMILES string of the molecule is CCNc1nc(NCc2ncc(C)o2)nc(OC(C)C)n1. The first-order valence-corrected chi connectivity index (χ1v) is 6.88. The molecule has 0 radical (unpaired) electrons. The van der Waals surface area contributed by atoms with Gasteiger partial charge in [0.1, 0.15) is 5.76 Å². The average molecular weight is 292 g/mol. The molecule has 0 aromatic carbocycles. The van der Waals surface area contributed by atoms with Gasteiger partial charge in [-0.3, -0.25) is 0 Å². The van der Waals surface area contributed by atoms with Crippen molar-refractivity contribution in [1.82, 2.24) is 19.9 Å². The maximum absolute atomic E-state index is 5.52. The fourth-order valence-corrected chi connectivity index (χ4v) is 1.57. The topological polar surface area (TPSA) is 98.0 Å². The van der Waals surface area contributed by atoms with Crippen LogP contribution in [0, 0.1) is 6.92 Å². The summed E-state index contributed by atoms with van der Waals surface area (Å²) in [5, 5.41) is 6.09. The molecule has 0 aliphatic carbocycles. The lowest BCUT2D eigenvalue weighted by atomic mass is 10.5. The zero-order valence-electron chi connectivity index (χ0n) is 12.7. The molecule has 114 valence electrons. The van der Waals surface area contributed by atoms with E-state index in [1.54, 1.807) is 6.20 Å². The second-order valence-electron chi connectivity index (χ2n) is 4.68. The molecule has 0 unspecified atom stereocenters. The molecule has 2 aromatic rings. The summed E-state index contributed by atoms with van der Waals surface area (Å²) in [5.74, 6) is 2.21. The van der Waals surface area contributed by atoms with E-state index in [2.05, 4.69) is 30.6 Å². The second kappa shape index (κ2) is 6.87. The molecular formula is C13H20N6O2. The summed E-state index contributed by atoms with van der Waals surface area (Å²) in [6, 6.07) is 0.280. The predicted octanol–water partition coefficient (Wildman–Crippen LogP) is 2.00. The molecule has 2 aromatic heterocycles. The number of ether oxygens (including phenoxy) is 1. The minimum atomic E-state index is -0.0101. The number of nitrogens with zero attached hydrogens (tertiary/aromatic N) is 4. The first kappa shape index (κ1) is 15.0. The normalized spacial score (nSPS) is 10.7. The van der Waals surface area contributed by atoms with Crippen LogP contribution in [0.5, 0.6) is 6.01 Å². The summed E-state index contributed by atoms with van der Waals surface area (Å²) in [4.78, 5) is 16.8. The fraction of sp³-hybridized carbons (Fsp3) is 0.538. The lowest BCUT2D eigenvalue weighted by molar-refractivity contribution is 0.222. The molecule has 8 heteroatoms. The van der Waals surface area contributed by atoms with Gasteiger partial charge >= 0.3 is 6.01 Å². The lowest BCUT2D eigenvalue weighted by Gasteiger charge is -2.11. The van der Waals surface area contributed by atoms with E-state index in [9.17, 15) is 0 Å². The molecule has 0 fully saturated rings. The number of rotatable bonds is 7. The minimum absolute atomic E-state index is 0.0101. The minimum Gasteiger partial charge on any atom is -0.461 e. The Hall–Kier alpha value is -2.38. The van der Waals surface area contributed by atoms with Gasteiger partial charge in [-0.2, -0.15) is 15.0 Å². The first-order chi connectivity index (χ1) is 10.1. The monoisotopic (exact) mass is 292 g/mol. The number of aromatic nitrogens is 4. The van der Waals surface area contributed by atoms with Crippen molar-refractivity contribution in [2.24, 2.45) is 0 Å². The van der Waals surface area contributed by atoms with E-state index in [-0.39, 0.29) is 12.1 Å². The van der Waals surface area contributed by atoms with Gasteiger partial charge in [0.2, 0.25) is 17.8 Å².